The van der Waals surface area contributed by atoms with Gasteiger partial charge in [0.1, 0.15) is 0 Å². The number of nitrogens with two attached hydrogens (primary N) is 2. The van der Waals surface area contributed by atoms with Gasteiger partial charge in [0.05, 0.1) is 4.90 Å². The van der Waals surface area contributed by atoms with E-state index in [2.05, 4.69) is 5.32 Å². The average molecular weight is 243 g/mol. The third-order valence-electron chi connectivity index (χ3n) is 2.33. The van der Waals surface area contributed by atoms with Crippen molar-refractivity contribution in [2.75, 3.05) is 11.9 Å². The van der Waals surface area contributed by atoms with Crippen LogP contribution in [0.15, 0.2) is 29.2 Å². The first-order valence-corrected chi connectivity index (χ1v) is 6.61. The van der Waals surface area contributed by atoms with Gasteiger partial charge in [-0.25, -0.2) is 13.6 Å². The van der Waals surface area contributed by atoms with E-state index in [9.17, 15) is 8.42 Å². The molecule has 0 saturated carbocycles. The van der Waals surface area contributed by atoms with Gasteiger partial charge >= 0.3 is 0 Å². The van der Waals surface area contributed by atoms with Crippen LogP contribution in [0.1, 0.15) is 13.3 Å². The van der Waals surface area contributed by atoms with Gasteiger partial charge in [-0.1, -0.05) is 6.92 Å². The Hall–Kier alpha value is -1.11. The molecule has 0 bridgehead atoms. The Morgan fingerprint density at radius 1 is 1.31 bits per heavy atom. The Bertz CT molecular complexity index is 424. The fraction of sp³-hybridized carbons (Fsp3) is 0.400. The predicted molar refractivity (Wildman–Crippen MR) is 64.6 cm³/mol. The molecule has 1 aromatic carbocycles. The molecule has 16 heavy (non-hydrogen) atoms. The molecule has 90 valence electrons. The van der Waals surface area contributed by atoms with E-state index < -0.39 is 10.0 Å². The number of hydrogen-bond acceptors (Lipinski definition) is 4. The minimum Gasteiger partial charge on any atom is -0.381 e. The fourth-order valence-corrected chi connectivity index (χ4v) is 1.82. The highest BCUT2D eigenvalue weighted by atomic mass is 32.2. The van der Waals surface area contributed by atoms with Crippen molar-refractivity contribution < 1.29 is 8.42 Å². The van der Waals surface area contributed by atoms with Crippen molar-refractivity contribution in [3.8, 4) is 0 Å². The van der Waals surface area contributed by atoms with Gasteiger partial charge in [0, 0.05) is 18.3 Å². The second kappa shape index (κ2) is 5.29. The van der Waals surface area contributed by atoms with Gasteiger partial charge in [-0.05, 0) is 30.7 Å². The van der Waals surface area contributed by atoms with Crippen LogP contribution >= 0.6 is 0 Å². The number of rotatable bonds is 5. The van der Waals surface area contributed by atoms with E-state index in [-0.39, 0.29) is 10.9 Å². The number of benzene rings is 1. The number of sulfonamides is 1. The van der Waals surface area contributed by atoms with Crippen molar-refractivity contribution in [2.45, 2.75) is 24.3 Å². The van der Waals surface area contributed by atoms with Gasteiger partial charge in [-0.3, -0.25) is 0 Å². The quantitative estimate of drug-likeness (QED) is 0.700. The Morgan fingerprint density at radius 2 is 1.88 bits per heavy atom. The van der Waals surface area contributed by atoms with E-state index in [4.69, 9.17) is 10.9 Å². The first kappa shape index (κ1) is 13.0. The Labute approximate surface area is 95.9 Å². The Kier molecular flexibility index (Phi) is 4.28. The van der Waals surface area contributed by atoms with Crippen molar-refractivity contribution in [1.29, 1.82) is 0 Å². The molecule has 0 aliphatic carbocycles. The van der Waals surface area contributed by atoms with Crippen LogP contribution in [0.4, 0.5) is 5.69 Å². The molecule has 0 radical (unpaired) electrons. The van der Waals surface area contributed by atoms with E-state index >= 15 is 0 Å². The summed E-state index contributed by atoms with van der Waals surface area (Å²) in [6.45, 7) is 2.57. The van der Waals surface area contributed by atoms with Gasteiger partial charge in [-0.2, -0.15) is 0 Å². The molecule has 0 heterocycles. The molecule has 5 N–H and O–H groups in total. The van der Waals surface area contributed by atoms with Crippen LogP contribution in [0.5, 0.6) is 0 Å². The smallest absolute Gasteiger partial charge is 0.238 e. The van der Waals surface area contributed by atoms with Gasteiger partial charge in [-0.15, -0.1) is 0 Å². The number of nitrogens with one attached hydrogen (secondary N) is 1. The second-order valence-electron chi connectivity index (χ2n) is 3.55. The zero-order valence-corrected chi connectivity index (χ0v) is 10.00. The van der Waals surface area contributed by atoms with E-state index in [0.29, 0.717) is 6.54 Å². The van der Waals surface area contributed by atoms with Crippen LogP contribution < -0.4 is 16.2 Å². The van der Waals surface area contributed by atoms with Crippen molar-refractivity contribution in [2.24, 2.45) is 10.9 Å². The van der Waals surface area contributed by atoms with Crippen LogP contribution in [0.3, 0.4) is 0 Å². The molecule has 0 aliphatic rings. The number of hydrogen-bond donors (Lipinski definition) is 3. The lowest BCUT2D eigenvalue weighted by atomic mass is 10.2. The molecule has 0 aliphatic heterocycles. The lowest BCUT2D eigenvalue weighted by molar-refractivity contribution is 0.598. The molecule has 1 aromatic rings. The summed E-state index contributed by atoms with van der Waals surface area (Å²) in [6, 6.07) is 6.50. The molecular formula is C10H17N3O2S. The number of primary sulfonamides is 1. The molecule has 0 aromatic heterocycles. The molecule has 0 spiro atoms. The maximum atomic E-state index is 11.0. The van der Waals surface area contributed by atoms with Crippen LogP contribution in [0.2, 0.25) is 0 Å². The largest absolute Gasteiger partial charge is 0.381 e. The summed E-state index contributed by atoms with van der Waals surface area (Å²) in [5.74, 6) is 0. The summed E-state index contributed by atoms with van der Waals surface area (Å²) in [7, 11) is -3.61. The highest BCUT2D eigenvalue weighted by Crippen LogP contribution is 2.13. The molecule has 1 rings (SSSR count). The van der Waals surface area contributed by atoms with Crippen LogP contribution in [-0.2, 0) is 10.0 Å². The first-order valence-electron chi connectivity index (χ1n) is 5.07. The monoisotopic (exact) mass is 243 g/mol. The van der Waals surface area contributed by atoms with Gasteiger partial charge < -0.3 is 11.1 Å². The average Bonchev–Trinajstić information content (AvgIpc) is 2.25. The standard InChI is InChI=1S/C10H17N3O2S/c1-2-8(7-11)13-9-3-5-10(6-4-9)16(12,14)15/h3-6,8,13H,2,7,11H2,1H3,(H2,12,14,15). The minimum atomic E-state index is -3.61. The van der Waals surface area contributed by atoms with Crippen molar-refractivity contribution in [3.05, 3.63) is 24.3 Å². The summed E-state index contributed by atoms with van der Waals surface area (Å²) in [5.41, 5.74) is 6.39. The van der Waals surface area contributed by atoms with E-state index in [1.807, 2.05) is 6.92 Å². The van der Waals surface area contributed by atoms with Crippen LogP contribution in [0.25, 0.3) is 0 Å². The van der Waals surface area contributed by atoms with Gasteiger partial charge in [0.15, 0.2) is 0 Å². The molecular weight excluding hydrogens is 226 g/mol. The van der Waals surface area contributed by atoms with Gasteiger partial charge in [0.2, 0.25) is 10.0 Å². The van der Waals surface area contributed by atoms with Crippen molar-refractivity contribution in [3.63, 3.8) is 0 Å². The molecule has 5 nitrogen and oxygen atoms in total. The first-order chi connectivity index (χ1) is 7.47. The summed E-state index contributed by atoms with van der Waals surface area (Å²) in [4.78, 5) is 0.110. The maximum absolute atomic E-state index is 11.0. The van der Waals surface area contributed by atoms with Gasteiger partial charge in [0.25, 0.3) is 0 Å². The molecule has 1 atom stereocenters. The second-order valence-corrected chi connectivity index (χ2v) is 5.12. The lowest BCUT2D eigenvalue weighted by Crippen LogP contribution is -2.27. The number of anilines is 1. The highest BCUT2D eigenvalue weighted by molar-refractivity contribution is 7.89. The third kappa shape index (κ3) is 3.48. The van der Waals surface area contributed by atoms with Crippen molar-refractivity contribution in [1.82, 2.24) is 0 Å². The maximum Gasteiger partial charge on any atom is 0.238 e. The fourth-order valence-electron chi connectivity index (χ4n) is 1.30. The zero-order valence-electron chi connectivity index (χ0n) is 9.18. The summed E-state index contributed by atoms with van der Waals surface area (Å²) >= 11 is 0. The SMILES string of the molecule is CCC(CN)Nc1ccc(S(N)(=O)=O)cc1. The Balaban J connectivity index is 2.80. The molecule has 0 amide bonds. The molecule has 1 unspecified atom stereocenters. The van der Waals surface area contributed by atoms with Crippen LogP contribution in [0, 0.1) is 0 Å². The topological polar surface area (TPSA) is 98.2 Å². The highest BCUT2D eigenvalue weighted by Gasteiger charge is 2.08. The summed E-state index contributed by atoms with van der Waals surface area (Å²) in [6.07, 6.45) is 0.910. The van der Waals surface area contributed by atoms with E-state index in [1.165, 1.54) is 12.1 Å². The molecule has 0 fully saturated rings. The summed E-state index contributed by atoms with van der Waals surface area (Å²) in [5, 5.41) is 8.19. The van der Waals surface area contributed by atoms with E-state index in [0.717, 1.165) is 12.1 Å². The minimum absolute atomic E-state index is 0.110. The lowest BCUT2D eigenvalue weighted by Gasteiger charge is -2.16. The normalized spacial score (nSPS) is 13.4. The molecule has 6 heteroatoms. The summed E-state index contributed by atoms with van der Waals surface area (Å²) < 4.78 is 22.0. The van der Waals surface area contributed by atoms with Crippen molar-refractivity contribution >= 4 is 15.7 Å². The van der Waals surface area contributed by atoms with Crippen LogP contribution in [-0.4, -0.2) is 21.0 Å². The molecule has 0 saturated heterocycles. The zero-order chi connectivity index (χ0) is 12.2. The third-order valence-corrected chi connectivity index (χ3v) is 3.26. The Morgan fingerprint density at radius 3 is 2.25 bits per heavy atom. The van der Waals surface area contributed by atoms with E-state index in [1.54, 1.807) is 12.1 Å². The predicted octanol–water partition coefficient (Wildman–Crippen LogP) is 0.483.